The van der Waals surface area contributed by atoms with Crippen LogP contribution in [0.5, 0.6) is 0 Å². The highest BCUT2D eigenvalue weighted by molar-refractivity contribution is 5.24. The molecule has 59 valence electrons. The molecule has 1 aromatic rings. The fraction of sp³-hybridized carbons (Fsp3) is 0.333. The van der Waals surface area contributed by atoms with Crippen LogP contribution in [0.3, 0.4) is 0 Å². The van der Waals surface area contributed by atoms with Crippen LogP contribution in [0.4, 0.5) is 0 Å². The molecule has 1 aromatic carbocycles. The van der Waals surface area contributed by atoms with E-state index in [0.29, 0.717) is 0 Å². The zero-order valence-corrected chi connectivity index (χ0v) is 6.58. The topological polar surface area (TPSA) is 45.9 Å². The van der Waals surface area contributed by atoms with Gasteiger partial charge in [0.15, 0.2) is 0 Å². The van der Waals surface area contributed by atoms with Crippen molar-refractivity contribution in [2.24, 2.45) is 5.73 Å². The van der Waals surface area contributed by atoms with Crippen molar-refractivity contribution in [2.75, 3.05) is 0 Å². The summed E-state index contributed by atoms with van der Waals surface area (Å²) in [5.41, 5.74) is 7.47. The first-order valence-electron chi connectivity index (χ1n) is 3.66. The van der Waals surface area contributed by atoms with E-state index in [2.05, 4.69) is 0 Å². The fourth-order valence-corrected chi connectivity index (χ4v) is 0.966. The van der Waals surface area contributed by atoms with Crippen molar-refractivity contribution in [2.45, 2.75) is 19.6 Å². The predicted octanol–water partition coefficient (Wildman–Crippen LogP) is 1.64. The van der Waals surface area contributed by atoms with Crippen molar-refractivity contribution in [1.29, 1.82) is 0 Å². The third kappa shape index (κ3) is 2.03. The number of hydrogen-bond acceptors (Lipinski definition) is 1. The Morgan fingerprint density at radius 3 is 2.82 bits per heavy atom. The van der Waals surface area contributed by atoms with Crippen LogP contribution in [0.2, 0.25) is 0 Å². The zero-order chi connectivity index (χ0) is 8.27. The molecule has 0 spiro atoms. The molecule has 0 amide bonds. The summed E-state index contributed by atoms with van der Waals surface area (Å²) >= 11 is 0. The third-order valence-corrected chi connectivity index (χ3v) is 1.64. The molecule has 11 heavy (non-hydrogen) atoms. The highest BCUT2D eigenvalue weighted by Crippen LogP contribution is 2.11. The second-order valence-electron chi connectivity index (χ2n) is 2.68. The van der Waals surface area contributed by atoms with Gasteiger partial charge in [0.25, 0.3) is 0 Å². The summed E-state index contributed by atoms with van der Waals surface area (Å²) in [5, 5.41) is 10.5. The molecule has 0 saturated carbocycles. The number of nitrogens with two attached hydrogens (primary N) is 1. The van der Waals surface area contributed by atoms with Gasteiger partial charge in [-0.2, -0.15) is 0 Å². The second kappa shape index (κ2) is 3.51. The van der Waals surface area contributed by atoms with Crippen molar-refractivity contribution >= 4 is 0 Å². The van der Waals surface area contributed by atoms with E-state index in [4.69, 9.17) is 5.73 Å². The van der Waals surface area contributed by atoms with E-state index < -0.39 is 0 Å². The highest BCUT2D eigenvalue weighted by Gasteiger charge is 1.98. The van der Waals surface area contributed by atoms with Crippen LogP contribution in [0.15, 0.2) is 24.3 Å². The molecule has 2 nitrogen and oxygen atoms in total. The van der Waals surface area contributed by atoms with Crippen molar-refractivity contribution in [3.63, 3.8) is 0 Å². The van der Waals surface area contributed by atoms with Gasteiger partial charge in [0.05, 0.1) is 0 Å². The van der Waals surface area contributed by atoms with Gasteiger partial charge in [0, 0.05) is 6.04 Å². The van der Waals surface area contributed by atoms with E-state index in [1.807, 2.05) is 31.2 Å². The predicted molar refractivity (Wildman–Crippen MR) is 43.4 cm³/mol. The maximum absolute atomic E-state index is 10.5. The van der Waals surface area contributed by atoms with Gasteiger partial charge in [-0.1, -0.05) is 24.3 Å². The molecule has 0 aliphatic heterocycles. The lowest BCUT2D eigenvalue weighted by Crippen LogP contribution is -2.04. The lowest BCUT2D eigenvalue weighted by Gasteiger charge is -2.05. The molecule has 2 N–H and O–H groups in total. The summed E-state index contributed by atoms with van der Waals surface area (Å²) in [4.78, 5) is 0. The first-order chi connectivity index (χ1) is 5.24. The summed E-state index contributed by atoms with van der Waals surface area (Å²) in [6, 6.07) is 7.49. The van der Waals surface area contributed by atoms with E-state index in [1.54, 1.807) is 0 Å². The summed E-state index contributed by atoms with van der Waals surface area (Å²) in [5.74, 6) is 0. The van der Waals surface area contributed by atoms with Gasteiger partial charge >= 0.3 is 0 Å². The minimum Gasteiger partial charge on any atom is -0.324 e. The largest absolute Gasteiger partial charge is 0.324 e. The minimum absolute atomic E-state index is 0.0153. The lowest BCUT2D eigenvalue weighted by molar-refractivity contribution is 0.177. The molecule has 0 bridgehead atoms. The molecule has 1 atom stereocenters. The maximum atomic E-state index is 10.5. The van der Waals surface area contributed by atoms with E-state index in [1.165, 1.54) is 0 Å². The van der Waals surface area contributed by atoms with Gasteiger partial charge in [0.2, 0.25) is 0 Å². The molecule has 0 unspecified atom stereocenters. The quantitative estimate of drug-likeness (QED) is 0.684. The van der Waals surface area contributed by atoms with Crippen LogP contribution in [0.25, 0.3) is 0 Å². The zero-order valence-electron chi connectivity index (χ0n) is 6.58. The molecule has 2 heteroatoms. The SMILES string of the molecule is C[C@@H](N)c1cccc(C[O])c1. The van der Waals surface area contributed by atoms with Crippen LogP contribution >= 0.6 is 0 Å². The van der Waals surface area contributed by atoms with Gasteiger partial charge in [-0.25, -0.2) is 5.11 Å². The van der Waals surface area contributed by atoms with Crippen LogP contribution in [-0.2, 0) is 11.7 Å². The van der Waals surface area contributed by atoms with Gasteiger partial charge in [-0.05, 0) is 18.1 Å². The molecule has 0 aliphatic rings. The van der Waals surface area contributed by atoms with Crippen molar-refractivity contribution in [1.82, 2.24) is 0 Å². The Morgan fingerprint density at radius 1 is 1.55 bits per heavy atom. The number of hydrogen-bond donors (Lipinski definition) is 1. The number of benzene rings is 1. The van der Waals surface area contributed by atoms with Gasteiger partial charge in [0.1, 0.15) is 6.61 Å². The number of rotatable bonds is 2. The third-order valence-electron chi connectivity index (χ3n) is 1.64. The highest BCUT2D eigenvalue weighted by atomic mass is 16.3. The van der Waals surface area contributed by atoms with Gasteiger partial charge in [-0.3, -0.25) is 0 Å². The first-order valence-corrected chi connectivity index (χ1v) is 3.66. The van der Waals surface area contributed by atoms with Gasteiger partial charge < -0.3 is 5.73 Å². The van der Waals surface area contributed by atoms with E-state index in [-0.39, 0.29) is 12.6 Å². The standard InChI is InChI=1S/C9H12NO/c1-7(10)9-4-2-3-8(5-9)6-11/h2-5,7H,6,10H2,1H3/t7-/m1/s1. The van der Waals surface area contributed by atoms with Crippen LogP contribution in [0, 0.1) is 0 Å². The average Bonchev–Trinajstić information content (AvgIpc) is 2.05. The fourth-order valence-electron chi connectivity index (χ4n) is 0.966. The Morgan fingerprint density at radius 2 is 2.27 bits per heavy atom. The molecular weight excluding hydrogens is 138 g/mol. The average molecular weight is 150 g/mol. The summed E-state index contributed by atoms with van der Waals surface area (Å²) in [6.07, 6.45) is 0. The van der Waals surface area contributed by atoms with Crippen molar-refractivity contribution in [3.05, 3.63) is 35.4 Å². The second-order valence-corrected chi connectivity index (χ2v) is 2.68. The van der Waals surface area contributed by atoms with E-state index in [9.17, 15) is 5.11 Å². The smallest absolute Gasteiger partial charge is 0.107 e. The van der Waals surface area contributed by atoms with E-state index in [0.717, 1.165) is 11.1 Å². The molecule has 1 rings (SSSR count). The van der Waals surface area contributed by atoms with Crippen LogP contribution in [0.1, 0.15) is 24.1 Å². The van der Waals surface area contributed by atoms with Crippen LogP contribution < -0.4 is 5.73 Å². The Bertz CT molecular complexity index is 233. The molecule has 0 aromatic heterocycles. The summed E-state index contributed by atoms with van der Waals surface area (Å²) in [6.45, 7) is 1.74. The Hall–Kier alpha value is -0.860. The van der Waals surface area contributed by atoms with Gasteiger partial charge in [-0.15, -0.1) is 0 Å². The Kier molecular flexibility index (Phi) is 2.63. The molecule has 0 fully saturated rings. The maximum Gasteiger partial charge on any atom is 0.107 e. The molecule has 0 heterocycles. The summed E-state index contributed by atoms with van der Waals surface area (Å²) in [7, 11) is 0. The lowest BCUT2D eigenvalue weighted by atomic mass is 10.1. The Balaban J connectivity index is 2.91. The molecular formula is C9H12NO. The molecule has 0 aliphatic carbocycles. The Labute approximate surface area is 66.7 Å². The first kappa shape index (κ1) is 8.24. The minimum atomic E-state index is -0.166. The van der Waals surface area contributed by atoms with Crippen molar-refractivity contribution < 1.29 is 5.11 Å². The summed E-state index contributed by atoms with van der Waals surface area (Å²) < 4.78 is 0. The van der Waals surface area contributed by atoms with Crippen molar-refractivity contribution in [3.8, 4) is 0 Å². The van der Waals surface area contributed by atoms with Crippen LogP contribution in [-0.4, -0.2) is 0 Å². The van der Waals surface area contributed by atoms with E-state index >= 15 is 0 Å². The molecule has 1 radical (unpaired) electrons. The molecule has 0 saturated heterocycles. The monoisotopic (exact) mass is 150 g/mol. The normalized spacial score (nSPS) is 13.0.